The highest BCUT2D eigenvalue weighted by atomic mass is 16.8. The van der Waals surface area contributed by atoms with Gasteiger partial charge < -0.3 is 100 Å². The van der Waals surface area contributed by atoms with Crippen LogP contribution in [0.3, 0.4) is 0 Å². The lowest BCUT2D eigenvalue weighted by atomic mass is 9.88. The molecular weight excluding hydrogens is 1180 g/mol. The molecular formula is C68H128N2O21. The quantitative estimate of drug-likeness (QED) is 0.0275. The van der Waals surface area contributed by atoms with Crippen molar-refractivity contribution in [3.05, 3.63) is 0 Å². The van der Waals surface area contributed by atoms with E-state index in [9.17, 15) is 75.7 Å². The van der Waals surface area contributed by atoms with Crippen LogP contribution in [0, 0.1) is 0 Å². The lowest BCUT2D eigenvalue weighted by Crippen LogP contribution is -2.70. The van der Waals surface area contributed by atoms with Gasteiger partial charge in [0.25, 0.3) is 5.79 Å². The van der Waals surface area contributed by atoms with Crippen molar-refractivity contribution in [1.82, 2.24) is 10.6 Å². The van der Waals surface area contributed by atoms with E-state index in [1.807, 2.05) is 0 Å². The maximum atomic E-state index is 13.5. The average Bonchev–Trinajstić information content (AvgIpc) is 0.783. The fourth-order valence-electron chi connectivity index (χ4n) is 12.8. The number of carbonyl (C=O) groups excluding carboxylic acids is 2. The van der Waals surface area contributed by atoms with Crippen LogP contribution in [0.15, 0.2) is 0 Å². The number of nitrogens with one attached hydrogen (secondary N) is 2. The molecule has 2 amide bonds. The van der Waals surface area contributed by atoms with Gasteiger partial charge in [-0.3, -0.25) is 9.59 Å². The van der Waals surface area contributed by atoms with E-state index in [-0.39, 0.29) is 18.9 Å². The molecule has 18 unspecified atom stereocenters. The van der Waals surface area contributed by atoms with Crippen molar-refractivity contribution >= 4 is 17.8 Å². The molecule has 3 heterocycles. The number of aliphatic hydroxyl groups excluding tert-OH is 11. The van der Waals surface area contributed by atoms with Gasteiger partial charge in [-0.1, -0.05) is 245 Å². The smallest absolute Gasteiger partial charge is 0.364 e. The number of unbranched alkanes of at least 4 members (excludes halogenated alkanes) is 35. The van der Waals surface area contributed by atoms with Crippen molar-refractivity contribution in [2.75, 3.05) is 26.4 Å². The Morgan fingerprint density at radius 3 is 1.37 bits per heavy atom. The molecule has 3 aliphatic rings. The van der Waals surface area contributed by atoms with Crippen LogP contribution < -0.4 is 10.6 Å². The molecule has 3 aliphatic heterocycles. The van der Waals surface area contributed by atoms with E-state index in [0.717, 1.165) is 51.9 Å². The number of hydrogen-bond acceptors (Lipinski definition) is 20. The Kier molecular flexibility index (Phi) is 44.9. The fraction of sp³-hybridized carbons (Fsp3) is 0.956. The van der Waals surface area contributed by atoms with Gasteiger partial charge in [-0.15, -0.1) is 0 Å². The lowest BCUT2D eigenvalue weighted by molar-refractivity contribution is -0.386. The molecule has 3 rings (SSSR count). The molecule has 0 aliphatic carbocycles. The third kappa shape index (κ3) is 31.7. The maximum absolute atomic E-state index is 13.5. The zero-order valence-corrected chi connectivity index (χ0v) is 56.0. The van der Waals surface area contributed by atoms with Crippen LogP contribution in [0.5, 0.6) is 0 Å². The maximum Gasteiger partial charge on any atom is 0.364 e. The van der Waals surface area contributed by atoms with E-state index in [1.54, 1.807) is 0 Å². The van der Waals surface area contributed by atoms with Gasteiger partial charge in [0.15, 0.2) is 12.6 Å². The summed E-state index contributed by atoms with van der Waals surface area (Å²) in [4.78, 5) is 38.6. The normalized spacial score (nSPS) is 28.4. The van der Waals surface area contributed by atoms with Gasteiger partial charge in [0, 0.05) is 19.8 Å². The summed E-state index contributed by atoms with van der Waals surface area (Å²) >= 11 is 0. The number of rotatable bonds is 55. The van der Waals surface area contributed by atoms with Gasteiger partial charge in [-0.05, 0) is 12.8 Å². The summed E-state index contributed by atoms with van der Waals surface area (Å²) in [6.45, 7) is 2.24. The number of aliphatic carboxylic acids is 1. The van der Waals surface area contributed by atoms with E-state index in [1.165, 1.54) is 180 Å². The van der Waals surface area contributed by atoms with Gasteiger partial charge in [-0.2, -0.15) is 0 Å². The zero-order valence-electron chi connectivity index (χ0n) is 56.0. The third-order valence-corrected chi connectivity index (χ3v) is 18.6. The van der Waals surface area contributed by atoms with Gasteiger partial charge in [-0.25, -0.2) is 4.79 Å². The van der Waals surface area contributed by atoms with Crippen LogP contribution in [0.4, 0.5) is 0 Å². The Morgan fingerprint density at radius 2 is 0.956 bits per heavy atom. The van der Waals surface area contributed by atoms with Crippen molar-refractivity contribution < 1.29 is 104 Å². The van der Waals surface area contributed by atoms with Gasteiger partial charge in [0.1, 0.15) is 67.1 Å². The van der Waals surface area contributed by atoms with E-state index in [4.69, 9.17) is 28.4 Å². The van der Waals surface area contributed by atoms with Crippen LogP contribution in [-0.2, 0) is 42.8 Å². The molecule has 23 nitrogen and oxygen atoms in total. The molecule has 3 fully saturated rings. The van der Waals surface area contributed by atoms with Crippen molar-refractivity contribution in [1.29, 1.82) is 0 Å². The minimum atomic E-state index is -3.08. The van der Waals surface area contributed by atoms with Crippen LogP contribution in [0.1, 0.15) is 278 Å². The fourth-order valence-corrected chi connectivity index (χ4v) is 12.8. The van der Waals surface area contributed by atoms with Crippen molar-refractivity contribution in [3.8, 4) is 0 Å². The van der Waals surface area contributed by atoms with E-state index in [0.29, 0.717) is 19.3 Å². The number of hydrogen-bond donors (Lipinski definition) is 14. The summed E-state index contributed by atoms with van der Waals surface area (Å²) in [6.07, 6.45) is 16.7. The van der Waals surface area contributed by atoms with Crippen molar-refractivity contribution in [2.24, 2.45) is 0 Å². The topological polar surface area (TPSA) is 373 Å². The van der Waals surface area contributed by atoms with Crippen LogP contribution in [-0.4, -0.2) is 215 Å². The van der Waals surface area contributed by atoms with Gasteiger partial charge in [0.05, 0.1) is 50.7 Å². The minimum Gasteiger partial charge on any atom is -0.477 e. The number of carboxylic acid groups (broad SMARTS) is 1. The molecule has 0 aromatic carbocycles. The predicted molar refractivity (Wildman–Crippen MR) is 343 cm³/mol. The number of amides is 2. The molecule has 91 heavy (non-hydrogen) atoms. The molecule has 0 bridgehead atoms. The summed E-state index contributed by atoms with van der Waals surface area (Å²) in [5, 5.41) is 136. The highest BCUT2D eigenvalue weighted by Crippen LogP contribution is 2.39. The standard InChI is InChI=1S/C68H128N2O21/c1-4-6-8-10-12-14-16-18-20-22-24-26-28-30-32-34-36-38-40-42-55(78)70-49(50(75)41-39-37-35-33-31-29-27-25-23-21-19-17-15-13-11-9-7-5-2)47-86-65-60(82)59(81)62(54(46-73)88-65)89-66-61(83)64(58(80)53(45-72)87-66)91-68(67(84)85)43-51(76)56(69-48(3)74)63(90-68)57(79)52(77)44-71/h49-54,56-66,71-73,75-77,79-83H,4-47H2,1-3H3,(H,69,74)(H,70,78)(H,84,85). The zero-order chi connectivity index (χ0) is 66.8. The third-order valence-electron chi connectivity index (χ3n) is 18.6. The largest absolute Gasteiger partial charge is 0.477 e. The Labute approximate surface area is 544 Å². The van der Waals surface area contributed by atoms with E-state index < -0.39 is 148 Å². The molecule has 18 atom stereocenters. The lowest BCUT2D eigenvalue weighted by Gasteiger charge is -2.50. The first-order chi connectivity index (χ1) is 43.9. The summed E-state index contributed by atoms with van der Waals surface area (Å²) < 4.78 is 34.9. The molecule has 0 spiro atoms. The first kappa shape index (κ1) is 83.0. The molecule has 3 saturated heterocycles. The molecule has 0 aromatic rings. The van der Waals surface area contributed by atoms with Gasteiger partial charge >= 0.3 is 5.97 Å². The number of aliphatic hydroxyl groups is 11. The summed E-state index contributed by atoms with van der Waals surface area (Å²) in [5.74, 6) is -6.09. The highest BCUT2D eigenvalue weighted by Gasteiger charge is 2.60. The second-order valence-electron chi connectivity index (χ2n) is 26.5. The van der Waals surface area contributed by atoms with E-state index >= 15 is 0 Å². The number of carboxylic acids is 1. The monoisotopic (exact) mass is 1310 g/mol. The second kappa shape index (κ2) is 49.3. The molecule has 0 saturated carbocycles. The predicted octanol–water partition coefficient (Wildman–Crippen LogP) is 6.90. The Balaban J connectivity index is 1.58. The Morgan fingerprint density at radius 1 is 0.527 bits per heavy atom. The van der Waals surface area contributed by atoms with Crippen LogP contribution in [0.2, 0.25) is 0 Å². The van der Waals surface area contributed by atoms with Crippen molar-refractivity contribution in [2.45, 2.75) is 387 Å². The summed E-state index contributed by atoms with van der Waals surface area (Å²) in [7, 11) is 0. The SMILES string of the molecule is CCCCCCCCCCCCCCCCCCCCCC(=O)NC(COC1OC(CO)C(OC2OC(CO)C(O)C(OC3(C(=O)O)CC(O)C(NC(C)=O)C(C(O)C(O)CO)O3)C2O)C(O)C1O)C(O)CCCCCCCCCCCCCCCCCCCC. The Bertz CT molecular complexity index is 1850. The molecule has 14 N–H and O–H groups in total. The number of ether oxygens (including phenoxy) is 6. The van der Waals surface area contributed by atoms with Crippen LogP contribution in [0.25, 0.3) is 0 Å². The Hall–Kier alpha value is -2.27. The van der Waals surface area contributed by atoms with Crippen molar-refractivity contribution in [3.63, 3.8) is 0 Å². The first-order valence-corrected chi connectivity index (χ1v) is 35.9. The molecule has 0 radical (unpaired) electrons. The van der Waals surface area contributed by atoms with Gasteiger partial charge in [0.2, 0.25) is 11.8 Å². The first-order valence-electron chi connectivity index (χ1n) is 35.9. The number of carbonyl (C=O) groups is 3. The van der Waals surface area contributed by atoms with E-state index in [2.05, 4.69) is 24.5 Å². The molecule has 536 valence electrons. The summed E-state index contributed by atoms with van der Waals surface area (Å²) in [5.41, 5.74) is 0. The van der Waals surface area contributed by atoms with Crippen LogP contribution >= 0.6 is 0 Å². The molecule has 23 heteroatoms. The second-order valence-corrected chi connectivity index (χ2v) is 26.5. The average molecular weight is 1310 g/mol. The molecule has 0 aromatic heterocycles. The summed E-state index contributed by atoms with van der Waals surface area (Å²) in [6, 6.07) is -2.52. The highest BCUT2D eigenvalue weighted by molar-refractivity contribution is 5.77. The minimum absolute atomic E-state index is 0.229.